The molecule has 0 unspecified atom stereocenters. The number of halogens is 3. The molecule has 0 heterocycles. The third kappa shape index (κ3) is 4.66. The average molecular weight is 481 g/mol. The molecule has 0 saturated carbocycles. The van der Waals surface area contributed by atoms with E-state index in [0.29, 0.717) is 0 Å². The zero-order valence-corrected chi connectivity index (χ0v) is 18.5. The van der Waals surface area contributed by atoms with E-state index < -0.39 is 15.6 Å². The van der Waals surface area contributed by atoms with Crippen LogP contribution in [-0.2, 0) is 10.1 Å². The molecule has 0 aliphatic heterocycles. The molecule has 0 saturated heterocycles. The third-order valence-electron chi connectivity index (χ3n) is 5.35. The molecule has 0 spiro atoms. The maximum atomic E-state index is 10.7. The molecule has 0 aromatic heterocycles. The summed E-state index contributed by atoms with van der Waals surface area (Å²) < 4.78 is 57.5. The van der Waals surface area contributed by atoms with Gasteiger partial charge in [0, 0.05) is 0 Å². The van der Waals surface area contributed by atoms with Crippen LogP contribution in [0.15, 0.2) is 109 Å². The minimum atomic E-state index is -5.84. The van der Waals surface area contributed by atoms with Crippen molar-refractivity contribution in [2.45, 2.75) is 5.51 Å². The first-order valence-electron chi connectivity index (χ1n) is 10.3. The minimum absolute atomic E-state index is 1.26. The van der Waals surface area contributed by atoms with Gasteiger partial charge in [0.15, 0.2) is 0 Å². The van der Waals surface area contributed by atoms with Gasteiger partial charge in [-0.25, -0.2) is 0 Å². The van der Waals surface area contributed by atoms with Crippen LogP contribution in [0.4, 0.5) is 13.2 Å². The van der Waals surface area contributed by atoms with Gasteiger partial charge in [-0.05, 0) is 43.8 Å². The van der Waals surface area contributed by atoms with Crippen LogP contribution in [-0.4, -0.2) is 18.5 Å². The largest absolute Gasteiger partial charge is 0.522 e. The summed E-state index contributed by atoms with van der Waals surface area (Å²) in [5.74, 6) is 0. The molecule has 5 rings (SSSR count). The highest BCUT2D eigenvalue weighted by molar-refractivity contribution is 7.86. The van der Waals surface area contributed by atoms with Crippen LogP contribution in [0.1, 0.15) is 0 Å². The van der Waals surface area contributed by atoms with Gasteiger partial charge in [-0.3, -0.25) is 4.55 Å². The molecule has 0 atom stereocenters. The molecule has 7 heteroatoms. The van der Waals surface area contributed by atoms with Crippen LogP contribution >= 0.6 is 0 Å². The molecule has 3 nitrogen and oxygen atoms in total. The van der Waals surface area contributed by atoms with Crippen LogP contribution in [0, 0.1) is 0 Å². The number of rotatable bonds is 2. The standard InChI is InChI=1S/C26H18.CHF3O3S/c1-3-11-19(12-4-1)25-21-15-7-9-17-23(21)26(20-13-5-2-6-14-20)24-18-10-8-16-22(24)25;2-1(3,4)8(5,6)7/h1-18H;(H,5,6,7). The van der Waals surface area contributed by atoms with Crippen LogP contribution < -0.4 is 0 Å². The predicted molar refractivity (Wildman–Crippen MR) is 130 cm³/mol. The quantitative estimate of drug-likeness (QED) is 0.160. The molecule has 5 aromatic rings. The highest BCUT2D eigenvalue weighted by atomic mass is 32.2. The molecular formula is C27H19F3O3S. The Hall–Kier alpha value is -3.68. The normalized spacial score (nSPS) is 11.8. The smallest absolute Gasteiger partial charge is 0.279 e. The molecule has 0 aliphatic rings. The number of fused-ring (bicyclic) bond motifs is 2. The summed E-state index contributed by atoms with van der Waals surface area (Å²) in [7, 11) is -5.84. The Morgan fingerprint density at radius 1 is 0.500 bits per heavy atom. The molecule has 172 valence electrons. The van der Waals surface area contributed by atoms with Crippen molar-refractivity contribution in [3.05, 3.63) is 109 Å². The first-order valence-corrected chi connectivity index (χ1v) is 11.7. The SMILES string of the molecule is O=S(=O)(O)C(F)(F)F.c1ccc(-c2c3ccccc3c(-c3ccccc3)c3ccccc23)cc1. The van der Waals surface area contributed by atoms with Gasteiger partial charge < -0.3 is 0 Å². The summed E-state index contributed by atoms with van der Waals surface area (Å²) in [6.45, 7) is 0. The first-order chi connectivity index (χ1) is 16.2. The van der Waals surface area contributed by atoms with E-state index in [1.807, 2.05) is 0 Å². The van der Waals surface area contributed by atoms with Crippen molar-refractivity contribution in [1.29, 1.82) is 0 Å². The summed E-state index contributed by atoms with van der Waals surface area (Å²) in [5, 5.41) is 5.21. The van der Waals surface area contributed by atoms with E-state index >= 15 is 0 Å². The number of hydrogen-bond donors (Lipinski definition) is 1. The van der Waals surface area contributed by atoms with Gasteiger partial charge in [0.1, 0.15) is 0 Å². The highest BCUT2D eigenvalue weighted by Crippen LogP contribution is 2.43. The Morgan fingerprint density at radius 3 is 0.971 bits per heavy atom. The fourth-order valence-electron chi connectivity index (χ4n) is 3.96. The van der Waals surface area contributed by atoms with E-state index in [4.69, 9.17) is 13.0 Å². The summed E-state index contributed by atoms with van der Waals surface area (Å²) in [4.78, 5) is 0. The molecule has 5 aromatic carbocycles. The van der Waals surface area contributed by atoms with Crippen molar-refractivity contribution < 1.29 is 26.1 Å². The van der Waals surface area contributed by atoms with E-state index in [-0.39, 0.29) is 0 Å². The molecule has 0 fully saturated rings. The van der Waals surface area contributed by atoms with Crippen molar-refractivity contribution in [2.75, 3.05) is 0 Å². The lowest BCUT2D eigenvalue weighted by atomic mass is 9.86. The van der Waals surface area contributed by atoms with Gasteiger partial charge in [-0.15, -0.1) is 0 Å². The Kier molecular flexibility index (Phi) is 6.41. The van der Waals surface area contributed by atoms with Gasteiger partial charge in [-0.2, -0.15) is 21.6 Å². The zero-order valence-electron chi connectivity index (χ0n) is 17.7. The summed E-state index contributed by atoms with van der Waals surface area (Å²) in [5.41, 5.74) is -0.375. The summed E-state index contributed by atoms with van der Waals surface area (Å²) in [6.07, 6.45) is 0. The van der Waals surface area contributed by atoms with Crippen LogP contribution in [0.25, 0.3) is 43.8 Å². The van der Waals surface area contributed by atoms with Crippen molar-refractivity contribution in [3.8, 4) is 22.3 Å². The number of hydrogen-bond acceptors (Lipinski definition) is 2. The second-order valence-electron chi connectivity index (χ2n) is 7.49. The van der Waals surface area contributed by atoms with Gasteiger partial charge in [0.2, 0.25) is 0 Å². The fourth-order valence-corrected chi connectivity index (χ4v) is 3.96. The summed E-state index contributed by atoms with van der Waals surface area (Å²) in [6, 6.07) is 39.0. The van der Waals surface area contributed by atoms with E-state index in [0.717, 1.165) is 0 Å². The monoisotopic (exact) mass is 480 g/mol. The average Bonchev–Trinajstić information content (AvgIpc) is 2.82. The predicted octanol–water partition coefficient (Wildman–Crippen LogP) is 7.72. The van der Waals surface area contributed by atoms with Crippen LogP contribution in [0.2, 0.25) is 0 Å². The number of benzene rings is 5. The molecule has 0 radical (unpaired) electrons. The van der Waals surface area contributed by atoms with Crippen molar-refractivity contribution >= 4 is 31.7 Å². The Morgan fingerprint density at radius 2 is 0.735 bits per heavy atom. The van der Waals surface area contributed by atoms with Crippen molar-refractivity contribution in [2.24, 2.45) is 0 Å². The van der Waals surface area contributed by atoms with Gasteiger partial charge in [0.25, 0.3) is 0 Å². The Labute approximate surface area is 194 Å². The molecule has 34 heavy (non-hydrogen) atoms. The maximum Gasteiger partial charge on any atom is 0.522 e. The lowest BCUT2D eigenvalue weighted by Gasteiger charge is -2.17. The molecule has 0 aliphatic carbocycles. The summed E-state index contributed by atoms with van der Waals surface area (Å²) >= 11 is 0. The van der Waals surface area contributed by atoms with E-state index in [1.54, 1.807) is 0 Å². The van der Waals surface area contributed by atoms with Crippen LogP contribution in [0.5, 0.6) is 0 Å². The van der Waals surface area contributed by atoms with E-state index in [1.165, 1.54) is 43.8 Å². The van der Waals surface area contributed by atoms with Crippen LogP contribution in [0.3, 0.4) is 0 Å². The second kappa shape index (κ2) is 9.29. The molecule has 0 amide bonds. The maximum absolute atomic E-state index is 10.7. The van der Waals surface area contributed by atoms with Crippen molar-refractivity contribution in [1.82, 2.24) is 0 Å². The first kappa shape index (κ1) is 23.5. The molecule has 1 N–H and O–H groups in total. The fraction of sp³-hybridized carbons (Fsp3) is 0.0370. The second-order valence-corrected chi connectivity index (χ2v) is 8.91. The highest BCUT2D eigenvalue weighted by Gasteiger charge is 2.44. The third-order valence-corrected chi connectivity index (χ3v) is 5.93. The van der Waals surface area contributed by atoms with E-state index in [2.05, 4.69) is 109 Å². The molecule has 0 bridgehead atoms. The van der Waals surface area contributed by atoms with Gasteiger partial charge in [-0.1, -0.05) is 109 Å². The topological polar surface area (TPSA) is 54.4 Å². The van der Waals surface area contributed by atoms with Gasteiger partial charge >= 0.3 is 15.6 Å². The lowest BCUT2D eigenvalue weighted by Crippen LogP contribution is -2.21. The minimum Gasteiger partial charge on any atom is -0.279 e. The Bertz CT molecular complexity index is 1390. The lowest BCUT2D eigenvalue weighted by molar-refractivity contribution is -0.0510. The van der Waals surface area contributed by atoms with Gasteiger partial charge in [0.05, 0.1) is 0 Å². The zero-order chi connectivity index (χ0) is 24.3. The van der Waals surface area contributed by atoms with Crippen molar-refractivity contribution in [3.63, 3.8) is 0 Å². The molecular weight excluding hydrogens is 461 g/mol. The number of alkyl halides is 3. The Balaban J connectivity index is 0.000000297. The van der Waals surface area contributed by atoms with E-state index in [9.17, 15) is 13.2 Å².